The van der Waals surface area contributed by atoms with Gasteiger partial charge >= 0.3 is 0 Å². The number of carbonyl (C=O) groups is 1. The summed E-state index contributed by atoms with van der Waals surface area (Å²) in [5.74, 6) is -0.340. The molecule has 132 valence electrons. The molecule has 5 nitrogen and oxygen atoms in total. The Morgan fingerprint density at radius 1 is 0.769 bits per heavy atom. The van der Waals surface area contributed by atoms with E-state index in [9.17, 15) is 13.2 Å². The molecule has 0 bridgehead atoms. The molecule has 0 aliphatic rings. The largest absolute Gasteiger partial charge is 0.322 e. The van der Waals surface area contributed by atoms with E-state index in [-0.39, 0.29) is 10.8 Å². The van der Waals surface area contributed by atoms with Crippen molar-refractivity contribution in [1.82, 2.24) is 0 Å². The molecule has 0 atom stereocenters. The Kier molecular flexibility index (Phi) is 5.25. The lowest BCUT2D eigenvalue weighted by atomic mass is 10.2. The molecule has 3 rings (SSSR count). The van der Waals surface area contributed by atoms with Gasteiger partial charge in [0.1, 0.15) is 0 Å². The SMILES string of the molecule is O=C(Nc1ccc(Cl)cc1)c1ccc(S(=O)(=O)Nc2ccccc2)cc1. The zero-order valence-electron chi connectivity index (χ0n) is 13.5. The molecule has 0 spiro atoms. The second-order valence-electron chi connectivity index (χ2n) is 5.46. The van der Waals surface area contributed by atoms with E-state index in [1.165, 1.54) is 24.3 Å². The molecule has 0 heterocycles. The maximum atomic E-state index is 12.4. The van der Waals surface area contributed by atoms with Crippen LogP contribution in [0.5, 0.6) is 0 Å². The topological polar surface area (TPSA) is 75.3 Å². The van der Waals surface area contributed by atoms with Crippen molar-refractivity contribution in [2.75, 3.05) is 10.0 Å². The molecule has 1 amide bonds. The number of sulfonamides is 1. The van der Waals surface area contributed by atoms with Crippen molar-refractivity contribution in [3.63, 3.8) is 0 Å². The molecule has 0 saturated heterocycles. The van der Waals surface area contributed by atoms with Gasteiger partial charge in [-0.25, -0.2) is 8.42 Å². The van der Waals surface area contributed by atoms with Crippen LogP contribution in [0, 0.1) is 0 Å². The summed E-state index contributed by atoms with van der Waals surface area (Å²) in [6.45, 7) is 0. The average molecular weight is 387 g/mol. The lowest BCUT2D eigenvalue weighted by Crippen LogP contribution is -2.14. The smallest absolute Gasteiger partial charge is 0.261 e. The van der Waals surface area contributed by atoms with Gasteiger partial charge in [0.25, 0.3) is 15.9 Å². The predicted octanol–water partition coefficient (Wildman–Crippen LogP) is 4.39. The number of para-hydroxylation sites is 1. The molecule has 0 aliphatic carbocycles. The van der Waals surface area contributed by atoms with Crippen LogP contribution in [-0.2, 0) is 10.0 Å². The second-order valence-corrected chi connectivity index (χ2v) is 7.58. The van der Waals surface area contributed by atoms with Gasteiger partial charge in [-0.1, -0.05) is 29.8 Å². The molecule has 3 aromatic rings. The van der Waals surface area contributed by atoms with E-state index < -0.39 is 10.0 Å². The third kappa shape index (κ3) is 4.41. The fraction of sp³-hybridized carbons (Fsp3) is 0. The first-order valence-corrected chi connectivity index (χ1v) is 9.55. The van der Waals surface area contributed by atoms with Crippen LogP contribution in [0.3, 0.4) is 0 Å². The normalized spacial score (nSPS) is 11.0. The second kappa shape index (κ2) is 7.59. The van der Waals surface area contributed by atoms with Gasteiger partial charge in [0, 0.05) is 22.0 Å². The number of nitrogens with one attached hydrogen (secondary N) is 2. The molecular weight excluding hydrogens is 372 g/mol. The highest BCUT2D eigenvalue weighted by atomic mass is 35.5. The molecule has 26 heavy (non-hydrogen) atoms. The molecule has 0 saturated carbocycles. The van der Waals surface area contributed by atoms with Crippen molar-refractivity contribution >= 4 is 38.9 Å². The molecule has 0 aliphatic heterocycles. The Balaban J connectivity index is 1.73. The summed E-state index contributed by atoms with van der Waals surface area (Å²) in [4.78, 5) is 12.3. The number of rotatable bonds is 5. The average Bonchev–Trinajstić information content (AvgIpc) is 2.64. The van der Waals surface area contributed by atoms with E-state index in [0.717, 1.165) is 0 Å². The van der Waals surface area contributed by atoms with Crippen LogP contribution in [0.25, 0.3) is 0 Å². The van der Waals surface area contributed by atoms with Gasteiger partial charge in [0.15, 0.2) is 0 Å². The van der Waals surface area contributed by atoms with Crippen molar-refractivity contribution in [2.45, 2.75) is 4.90 Å². The number of carbonyl (C=O) groups excluding carboxylic acids is 1. The Hall–Kier alpha value is -2.83. The van der Waals surface area contributed by atoms with E-state index in [1.807, 2.05) is 0 Å². The standard InChI is InChI=1S/C19H15ClN2O3S/c20-15-8-10-16(11-9-15)21-19(23)14-6-12-18(13-7-14)26(24,25)22-17-4-2-1-3-5-17/h1-13,22H,(H,21,23). The molecule has 0 fully saturated rings. The van der Waals surface area contributed by atoms with Crippen molar-refractivity contribution in [2.24, 2.45) is 0 Å². The maximum Gasteiger partial charge on any atom is 0.261 e. The number of hydrogen-bond acceptors (Lipinski definition) is 3. The minimum atomic E-state index is -3.72. The third-order valence-electron chi connectivity index (χ3n) is 3.55. The monoisotopic (exact) mass is 386 g/mol. The minimum absolute atomic E-state index is 0.0735. The molecular formula is C19H15ClN2O3S. The number of benzene rings is 3. The van der Waals surface area contributed by atoms with Crippen molar-refractivity contribution in [3.05, 3.63) is 89.4 Å². The fourth-order valence-electron chi connectivity index (χ4n) is 2.24. The summed E-state index contributed by atoms with van der Waals surface area (Å²) < 4.78 is 27.3. The van der Waals surface area contributed by atoms with Gasteiger partial charge in [0.2, 0.25) is 0 Å². The minimum Gasteiger partial charge on any atom is -0.322 e. The van der Waals surface area contributed by atoms with E-state index in [1.54, 1.807) is 54.6 Å². The van der Waals surface area contributed by atoms with Gasteiger partial charge in [-0.3, -0.25) is 9.52 Å². The lowest BCUT2D eigenvalue weighted by molar-refractivity contribution is 0.102. The summed E-state index contributed by atoms with van der Waals surface area (Å²) >= 11 is 5.81. The van der Waals surface area contributed by atoms with Gasteiger partial charge in [-0.15, -0.1) is 0 Å². The first-order chi connectivity index (χ1) is 12.4. The molecule has 3 aromatic carbocycles. The zero-order chi connectivity index (χ0) is 18.6. The van der Waals surface area contributed by atoms with E-state index in [4.69, 9.17) is 11.6 Å². The summed E-state index contributed by atoms with van der Waals surface area (Å²) in [6.07, 6.45) is 0. The lowest BCUT2D eigenvalue weighted by Gasteiger charge is -2.09. The van der Waals surface area contributed by atoms with Crippen LogP contribution in [0.4, 0.5) is 11.4 Å². The number of anilines is 2. The van der Waals surface area contributed by atoms with Gasteiger partial charge in [-0.2, -0.15) is 0 Å². The summed E-state index contributed by atoms with van der Waals surface area (Å²) in [6, 6.07) is 21.0. The van der Waals surface area contributed by atoms with Gasteiger partial charge < -0.3 is 5.32 Å². The van der Waals surface area contributed by atoms with Crippen LogP contribution in [-0.4, -0.2) is 14.3 Å². The molecule has 0 unspecified atom stereocenters. The predicted molar refractivity (Wildman–Crippen MR) is 103 cm³/mol. The van der Waals surface area contributed by atoms with Gasteiger partial charge in [-0.05, 0) is 60.7 Å². The fourth-order valence-corrected chi connectivity index (χ4v) is 3.43. The van der Waals surface area contributed by atoms with Crippen LogP contribution in [0.1, 0.15) is 10.4 Å². The summed E-state index contributed by atoms with van der Waals surface area (Å²) in [5.41, 5.74) is 1.41. The summed E-state index contributed by atoms with van der Waals surface area (Å²) in [5, 5.41) is 3.29. The molecule has 7 heteroatoms. The Morgan fingerprint density at radius 3 is 2.00 bits per heavy atom. The molecule has 2 N–H and O–H groups in total. The van der Waals surface area contributed by atoms with Crippen LogP contribution in [0.15, 0.2) is 83.8 Å². The quantitative estimate of drug-likeness (QED) is 0.682. The van der Waals surface area contributed by atoms with E-state index >= 15 is 0 Å². The molecule has 0 aromatic heterocycles. The van der Waals surface area contributed by atoms with E-state index in [2.05, 4.69) is 10.0 Å². The highest BCUT2D eigenvalue weighted by Crippen LogP contribution is 2.18. The highest BCUT2D eigenvalue weighted by Gasteiger charge is 2.15. The van der Waals surface area contributed by atoms with Crippen LogP contribution >= 0.6 is 11.6 Å². The zero-order valence-corrected chi connectivity index (χ0v) is 15.1. The molecule has 0 radical (unpaired) electrons. The van der Waals surface area contributed by atoms with Crippen molar-refractivity contribution in [1.29, 1.82) is 0 Å². The Morgan fingerprint density at radius 2 is 1.38 bits per heavy atom. The first-order valence-electron chi connectivity index (χ1n) is 7.69. The number of amides is 1. The van der Waals surface area contributed by atoms with E-state index in [0.29, 0.717) is 22.0 Å². The third-order valence-corrected chi connectivity index (χ3v) is 5.20. The van der Waals surface area contributed by atoms with Crippen molar-refractivity contribution in [3.8, 4) is 0 Å². The Labute approximate surface area is 156 Å². The van der Waals surface area contributed by atoms with Crippen LogP contribution < -0.4 is 10.0 Å². The number of hydrogen-bond donors (Lipinski definition) is 2. The maximum absolute atomic E-state index is 12.4. The highest BCUT2D eigenvalue weighted by molar-refractivity contribution is 7.92. The Bertz CT molecular complexity index is 1000. The summed E-state index contributed by atoms with van der Waals surface area (Å²) in [7, 11) is -3.72. The first kappa shape index (κ1) is 18.0. The van der Waals surface area contributed by atoms with Gasteiger partial charge in [0.05, 0.1) is 4.90 Å². The van der Waals surface area contributed by atoms with Crippen LogP contribution in [0.2, 0.25) is 5.02 Å². The number of halogens is 1. The van der Waals surface area contributed by atoms with Crippen molar-refractivity contribution < 1.29 is 13.2 Å².